The fourth-order valence-electron chi connectivity index (χ4n) is 1.43. The van der Waals surface area contributed by atoms with Crippen LogP contribution in [-0.2, 0) is 0 Å². The molecule has 1 rings (SSSR count). The van der Waals surface area contributed by atoms with E-state index in [2.05, 4.69) is 11.2 Å². The Morgan fingerprint density at radius 1 is 1.47 bits per heavy atom. The summed E-state index contributed by atoms with van der Waals surface area (Å²) < 4.78 is 5.42. The number of nitrogens with one attached hydrogen (secondary N) is 1. The number of aliphatic hydroxyl groups is 1. The minimum atomic E-state index is -0.669. The second-order valence-corrected chi connectivity index (χ2v) is 4.92. The maximum absolute atomic E-state index is 9.78. The van der Waals surface area contributed by atoms with Gasteiger partial charge in [0.15, 0.2) is 0 Å². The molecule has 0 saturated heterocycles. The summed E-state index contributed by atoms with van der Waals surface area (Å²) >= 11 is 11.8. The van der Waals surface area contributed by atoms with Crippen molar-refractivity contribution in [3.8, 4) is 18.1 Å². The van der Waals surface area contributed by atoms with Crippen LogP contribution in [-0.4, -0.2) is 30.4 Å². The number of rotatable bonds is 7. The quantitative estimate of drug-likeness (QED) is 0.761. The molecule has 0 radical (unpaired) electrons. The monoisotopic (exact) mass is 301 g/mol. The lowest BCUT2D eigenvalue weighted by molar-refractivity contribution is 0.105. The first-order valence-electron chi connectivity index (χ1n) is 6.02. The van der Waals surface area contributed by atoms with Crippen LogP contribution in [0.1, 0.15) is 13.3 Å². The largest absolute Gasteiger partial charge is 0.489 e. The van der Waals surface area contributed by atoms with Crippen molar-refractivity contribution in [1.29, 1.82) is 0 Å². The molecule has 19 heavy (non-hydrogen) atoms. The van der Waals surface area contributed by atoms with E-state index in [1.165, 1.54) is 0 Å². The van der Waals surface area contributed by atoms with Crippen LogP contribution in [0.3, 0.4) is 0 Å². The molecule has 0 fully saturated rings. The van der Waals surface area contributed by atoms with E-state index in [1.807, 2.05) is 6.92 Å². The lowest BCUT2D eigenvalue weighted by atomic mass is 10.2. The average molecular weight is 302 g/mol. The van der Waals surface area contributed by atoms with Gasteiger partial charge in [-0.05, 0) is 18.6 Å². The second-order valence-electron chi connectivity index (χ2n) is 4.08. The molecule has 0 amide bonds. The molecular weight excluding hydrogens is 285 g/mol. The minimum Gasteiger partial charge on any atom is -0.489 e. The Labute approximate surface area is 123 Å². The molecule has 0 aliphatic rings. The highest BCUT2D eigenvalue weighted by Crippen LogP contribution is 2.27. The summed E-state index contributed by atoms with van der Waals surface area (Å²) in [5.74, 6) is 3.05. The van der Waals surface area contributed by atoms with E-state index in [9.17, 15) is 5.11 Å². The van der Waals surface area contributed by atoms with E-state index in [1.54, 1.807) is 18.2 Å². The molecule has 2 N–H and O–H groups in total. The van der Waals surface area contributed by atoms with Gasteiger partial charge in [-0.15, -0.1) is 6.42 Å². The zero-order chi connectivity index (χ0) is 14.3. The first-order valence-corrected chi connectivity index (χ1v) is 6.77. The van der Waals surface area contributed by atoms with Gasteiger partial charge in [-0.25, -0.2) is 0 Å². The normalized spacial score (nSPS) is 13.6. The molecular formula is C14H17Cl2NO2. The molecule has 0 saturated carbocycles. The van der Waals surface area contributed by atoms with E-state index in [0.717, 1.165) is 6.42 Å². The molecule has 0 spiro atoms. The summed E-state index contributed by atoms with van der Waals surface area (Å²) in [4.78, 5) is 0. The lowest BCUT2D eigenvalue weighted by Gasteiger charge is -2.16. The highest BCUT2D eigenvalue weighted by atomic mass is 35.5. The maximum atomic E-state index is 9.78. The van der Waals surface area contributed by atoms with Crippen molar-refractivity contribution in [2.24, 2.45) is 0 Å². The van der Waals surface area contributed by atoms with Crippen LogP contribution in [0, 0.1) is 12.3 Å². The molecule has 0 aromatic heterocycles. The van der Waals surface area contributed by atoms with Crippen molar-refractivity contribution in [3.63, 3.8) is 0 Å². The molecule has 104 valence electrons. The standard InChI is InChI=1S/C14H17Cl2NO2/c1-3-11(4-2)17-8-12(18)9-19-14-7-10(15)5-6-13(14)16/h1,5-7,11-12,17-18H,4,8-9H2,2H3. The number of hydrogen-bond acceptors (Lipinski definition) is 3. The third kappa shape index (κ3) is 5.71. The van der Waals surface area contributed by atoms with Crippen LogP contribution in [0.4, 0.5) is 0 Å². The van der Waals surface area contributed by atoms with Crippen LogP contribution in [0.25, 0.3) is 0 Å². The first-order chi connectivity index (χ1) is 9.06. The Hall–Kier alpha value is -0.920. The minimum absolute atomic E-state index is 0.0376. The van der Waals surface area contributed by atoms with Gasteiger partial charge >= 0.3 is 0 Å². The number of terminal acetylenes is 1. The highest BCUT2D eigenvalue weighted by Gasteiger charge is 2.09. The van der Waals surface area contributed by atoms with Gasteiger partial charge in [0.2, 0.25) is 0 Å². The molecule has 2 unspecified atom stereocenters. The number of halogens is 2. The molecule has 0 aliphatic carbocycles. The molecule has 1 aromatic carbocycles. The third-order valence-electron chi connectivity index (χ3n) is 2.53. The van der Waals surface area contributed by atoms with Gasteiger partial charge in [0.05, 0.1) is 11.1 Å². The van der Waals surface area contributed by atoms with Crippen molar-refractivity contribution in [1.82, 2.24) is 5.32 Å². The molecule has 5 heteroatoms. The van der Waals surface area contributed by atoms with Gasteiger partial charge in [0, 0.05) is 17.6 Å². The Morgan fingerprint density at radius 2 is 2.21 bits per heavy atom. The zero-order valence-corrected chi connectivity index (χ0v) is 12.2. The van der Waals surface area contributed by atoms with Crippen molar-refractivity contribution in [2.45, 2.75) is 25.5 Å². The Balaban J connectivity index is 2.40. The molecule has 2 atom stereocenters. The summed E-state index contributed by atoms with van der Waals surface area (Å²) in [6.45, 7) is 2.46. The molecule has 3 nitrogen and oxygen atoms in total. The Morgan fingerprint density at radius 3 is 2.84 bits per heavy atom. The fraction of sp³-hybridized carbons (Fsp3) is 0.429. The molecule has 0 aliphatic heterocycles. The van der Waals surface area contributed by atoms with Gasteiger partial charge in [0.1, 0.15) is 18.5 Å². The number of ether oxygens (including phenoxy) is 1. The molecule has 0 bridgehead atoms. The fourth-order valence-corrected chi connectivity index (χ4v) is 1.77. The van der Waals surface area contributed by atoms with Crippen LogP contribution in [0.15, 0.2) is 18.2 Å². The van der Waals surface area contributed by atoms with Crippen molar-refractivity contribution in [2.75, 3.05) is 13.2 Å². The van der Waals surface area contributed by atoms with E-state index < -0.39 is 6.10 Å². The Kier molecular flexibility index (Phi) is 7.04. The summed E-state index contributed by atoms with van der Waals surface area (Å²) in [5, 5.41) is 13.8. The third-order valence-corrected chi connectivity index (χ3v) is 3.08. The first kappa shape index (κ1) is 16.1. The van der Waals surface area contributed by atoms with Crippen molar-refractivity contribution < 1.29 is 9.84 Å². The van der Waals surface area contributed by atoms with Crippen molar-refractivity contribution >= 4 is 23.2 Å². The van der Waals surface area contributed by atoms with E-state index in [-0.39, 0.29) is 12.6 Å². The van der Waals surface area contributed by atoms with Gasteiger partial charge in [0.25, 0.3) is 0 Å². The van der Waals surface area contributed by atoms with Crippen LogP contribution in [0.2, 0.25) is 10.0 Å². The highest BCUT2D eigenvalue weighted by molar-refractivity contribution is 6.34. The van der Waals surface area contributed by atoms with E-state index in [0.29, 0.717) is 22.3 Å². The number of hydrogen-bond donors (Lipinski definition) is 2. The average Bonchev–Trinajstić information content (AvgIpc) is 2.41. The predicted octanol–water partition coefficient (Wildman–Crippen LogP) is 2.73. The molecule has 1 aromatic rings. The smallest absolute Gasteiger partial charge is 0.139 e. The van der Waals surface area contributed by atoms with Crippen molar-refractivity contribution in [3.05, 3.63) is 28.2 Å². The summed E-state index contributed by atoms with van der Waals surface area (Å²) in [6, 6.07) is 4.90. The SMILES string of the molecule is C#CC(CC)NCC(O)COc1cc(Cl)ccc1Cl. The maximum Gasteiger partial charge on any atom is 0.139 e. The van der Waals surface area contributed by atoms with Gasteiger partial charge < -0.3 is 15.2 Å². The van der Waals surface area contributed by atoms with Crippen LogP contribution in [0.5, 0.6) is 5.75 Å². The number of benzene rings is 1. The van der Waals surface area contributed by atoms with Gasteiger partial charge in [-0.3, -0.25) is 0 Å². The Bertz CT molecular complexity index is 446. The summed E-state index contributed by atoms with van der Waals surface area (Å²) in [6.07, 6.45) is 5.45. The van der Waals surface area contributed by atoms with Crippen LogP contribution < -0.4 is 10.1 Å². The van der Waals surface area contributed by atoms with Gasteiger partial charge in [-0.2, -0.15) is 0 Å². The van der Waals surface area contributed by atoms with E-state index in [4.69, 9.17) is 34.4 Å². The summed E-state index contributed by atoms with van der Waals surface area (Å²) in [7, 11) is 0. The zero-order valence-electron chi connectivity index (χ0n) is 10.7. The second kappa shape index (κ2) is 8.29. The topological polar surface area (TPSA) is 41.5 Å². The molecule has 0 heterocycles. The lowest BCUT2D eigenvalue weighted by Crippen LogP contribution is -2.37. The van der Waals surface area contributed by atoms with Gasteiger partial charge in [-0.1, -0.05) is 36.0 Å². The predicted molar refractivity (Wildman–Crippen MR) is 78.9 cm³/mol. The number of aliphatic hydroxyl groups excluding tert-OH is 1. The van der Waals surface area contributed by atoms with E-state index >= 15 is 0 Å². The summed E-state index contributed by atoms with van der Waals surface area (Å²) in [5.41, 5.74) is 0. The van der Waals surface area contributed by atoms with Crippen LogP contribution >= 0.6 is 23.2 Å².